The summed E-state index contributed by atoms with van der Waals surface area (Å²) in [7, 11) is -1.80. The number of nitrogens with one attached hydrogen (secondary N) is 2. The maximum Gasteiger partial charge on any atom is 0.244 e. The van der Waals surface area contributed by atoms with Crippen molar-refractivity contribution in [2.24, 2.45) is 5.41 Å². The van der Waals surface area contributed by atoms with E-state index in [-0.39, 0.29) is 10.3 Å². The second-order valence-electron chi connectivity index (χ2n) is 7.39. The van der Waals surface area contributed by atoms with Gasteiger partial charge >= 0.3 is 0 Å². The number of sulfonamides is 1. The van der Waals surface area contributed by atoms with Crippen molar-refractivity contribution in [3.8, 4) is 0 Å². The van der Waals surface area contributed by atoms with Crippen LogP contribution in [0.2, 0.25) is 0 Å². The predicted octanol–water partition coefficient (Wildman–Crippen LogP) is 2.80. The standard InChI is InChI=1S/C15H28N2O3S/c1-11-13(8-12(20-11)9-16-7)21(18,19)17-15(5,6)10-14(2,3)4/h8,16-17H,9-10H2,1-7H3. The van der Waals surface area contributed by atoms with Gasteiger partial charge < -0.3 is 9.73 Å². The lowest BCUT2D eigenvalue weighted by Gasteiger charge is -2.32. The predicted molar refractivity (Wildman–Crippen MR) is 84.7 cm³/mol. The second kappa shape index (κ2) is 6.10. The molecule has 0 amide bonds. The smallest absolute Gasteiger partial charge is 0.244 e. The summed E-state index contributed by atoms with van der Waals surface area (Å²) in [6.45, 7) is 12.3. The van der Waals surface area contributed by atoms with Crippen LogP contribution in [0.3, 0.4) is 0 Å². The summed E-state index contributed by atoms with van der Waals surface area (Å²) >= 11 is 0. The molecule has 5 nitrogen and oxygen atoms in total. The third-order valence-electron chi connectivity index (χ3n) is 2.95. The number of aryl methyl sites for hydroxylation is 1. The average molecular weight is 316 g/mol. The molecule has 0 fully saturated rings. The molecule has 6 heteroatoms. The zero-order chi connectivity index (χ0) is 16.5. The first-order valence-corrected chi connectivity index (χ1v) is 8.62. The Morgan fingerprint density at radius 3 is 2.24 bits per heavy atom. The summed E-state index contributed by atoms with van der Waals surface area (Å²) in [5.41, 5.74) is -0.487. The molecule has 0 aliphatic rings. The van der Waals surface area contributed by atoms with Crippen LogP contribution in [0.5, 0.6) is 0 Å². The Morgan fingerprint density at radius 2 is 1.76 bits per heavy atom. The zero-order valence-corrected chi connectivity index (χ0v) is 14.9. The molecule has 0 aromatic carbocycles. The molecule has 1 rings (SSSR count). The first kappa shape index (κ1) is 18.2. The van der Waals surface area contributed by atoms with E-state index in [0.717, 1.165) is 6.42 Å². The first-order valence-electron chi connectivity index (χ1n) is 7.14. The van der Waals surface area contributed by atoms with Crippen LogP contribution in [-0.4, -0.2) is 21.0 Å². The molecular formula is C15H28N2O3S. The number of rotatable bonds is 6. The van der Waals surface area contributed by atoms with E-state index < -0.39 is 15.6 Å². The van der Waals surface area contributed by atoms with Crippen molar-refractivity contribution in [3.63, 3.8) is 0 Å². The van der Waals surface area contributed by atoms with Gasteiger partial charge in [0, 0.05) is 11.6 Å². The van der Waals surface area contributed by atoms with Gasteiger partial charge in [0.15, 0.2) is 0 Å². The second-order valence-corrected chi connectivity index (χ2v) is 9.04. The molecule has 0 bridgehead atoms. The summed E-state index contributed by atoms with van der Waals surface area (Å²) < 4.78 is 33.4. The molecular weight excluding hydrogens is 288 g/mol. The van der Waals surface area contributed by atoms with Crippen LogP contribution in [0.1, 0.15) is 52.6 Å². The van der Waals surface area contributed by atoms with Crippen molar-refractivity contribution in [3.05, 3.63) is 17.6 Å². The Bertz CT molecular complexity index is 581. The third-order valence-corrected chi connectivity index (χ3v) is 4.75. The molecule has 1 heterocycles. The van der Waals surface area contributed by atoms with Gasteiger partial charge in [-0.05, 0) is 39.7 Å². The van der Waals surface area contributed by atoms with Gasteiger partial charge in [-0.3, -0.25) is 0 Å². The Hall–Kier alpha value is -0.850. The normalized spacial score (nSPS) is 13.7. The minimum Gasteiger partial charge on any atom is -0.464 e. The minimum atomic E-state index is -3.59. The maximum atomic E-state index is 12.6. The summed E-state index contributed by atoms with van der Waals surface area (Å²) in [5, 5.41) is 2.95. The summed E-state index contributed by atoms with van der Waals surface area (Å²) in [4.78, 5) is 0.217. The van der Waals surface area contributed by atoms with E-state index in [9.17, 15) is 8.42 Å². The van der Waals surface area contributed by atoms with Crippen LogP contribution in [0.4, 0.5) is 0 Å². The molecule has 0 atom stereocenters. The van der Waals surface area contributed by atoms with Gasteiger partial charge in [0.25, 0.3) is 0 Å². The van der Waals surface area contributed by atoms with E-state index in [2.05, 4.69) is 30.8 Å². The average Bonchev–Trinajstić information content (AvgIpc) is 2.54. The highest BCUT2D eigenvalue weighted by molar-refractivity contribution is 7.89. The van der Waals surface area contributed by atoms with E-state index in [1.165, 1.54) is 0 Å². The monoisotopic (exact) mass is 316 g/mol. The maximum absolute atomic E-state index is 12.6. The van der Waals surface area contributed by atoms with Crippen LogP contribution in [-0.2, 0) is 16.6 Å². The minimum absolute atomic E-state index is 0.0365. The highest BCUT2D eigenvalue weighted by Crippen LogP contribution is 2.29. The molecule has 0 spiro atoms. The summed E-state index contributed by atoms with van der Waals surface area (Å²) in [5.74, 6) is 1.03. The molecule has 1 aromatic heterocycles. The summed E-state index contributed by atoms with van der Waals surface area (Å²) in [6, 6.07) is 1.58. The van der Waals surface area contributed by atoms with E-state index in [0.29, 0.717) is 18.1 Å². The number of furan rings is 1. The largest absolute Gasteiger partial charge is 0.464 e. The Morgan fingerprint density at radius 1 is 1.19 bits per heavy atom. The lowest BCUT2D eigenvalue weighted by atomic mass is 9.82. The highest BCUT2D eigenvalue weighted by atomic mass is 32.2. The van der Waals surface area contributed by atoms with Crippen LogP contribution < -0.4 is 10.0 Å². The fourth-order valence-electron chi connectivity index (χ4n) is 2.83. The quantitative estimate of drug-likeness (QED) is 0.846. The molecule has 0 saturated heterocycles. The van der Waals surface area contributed by atoms with E-state index in [4.69, 9.17) is 4.42 Å². The van der Waals surface area contributed by atoms with Crippen molar-refractivity contribution in [1.82, 2.24) is 10.0 Å². The fraction of sp³-hybridized carbons (Fsp3) is 0.733. The van der Waals surface area contributed by atoms with Gasteiger partial charge in [-0.1, -0.05) is 20.8 Å². The van der Waals surface area contributed by atoms with Crippen molar-refractivity contribution >= 4 is 10.0 Å². The van der Waals surface area contributed by atoms with Gasteiger partial charge in [-0.2, -0.15) is 0 Å². The fourth-order valence-corrected chi connectivity index (χ4v) is 4.45. The van der Waals surface area contributed by atoms with Gasteiger partial charge in [-0.15, -0.1) is 0 Å². The van der Waals surface area contributed by atoms with Crippen molar-refractivity contribution in [2.75, 3.05) is 7.05 Å². The van der Waals surface area contributed by atoms with Crippen molar-refractivity contribution in [2.45, 2.75) is 64.9 Å². The highest BCUT2D eigenvalue weighted by Gasteiger charge is 2.32. The van der Waals surface area contributed by atoms with Gasteiger partial charge in [0.1, 0.15) is 16.4 Å². The number of hydrogen-bond acceptors (Lipinski definition) is 4. The molecule has 0 aliphatic carbocycles. The molecule has 0 radical (unpaired) electrons. The molecule has 0 unspecified atom stereocenters. The Labute approximate surface area is 128 Å². The van der Waals surface area contributed by atoms with E-state index in [1.807, 2.05) is 13.8 Å². The van der Waals surface area contributed by atoms with Crippen LogP contribution in [0.15, 0.2) is 15.4 Å². The van der Waals surface area contributed by atoms with Crippen LogP contribution in [0.25, 0.3) is 0 Å². The van der Waals surface area contributed by atoms with Crippen molar-refractivity contribution in [1.29, 1.82) is 0 Å². The van der Waals surface area contributed by atoms with Crippen LogP contribution >= 0.6 is 0 Å². The SMILES string of the molecule is CNCc1cc(S(=O)(=O)NC(C)(C)CC(C)(C)C)c(C)o1. The lowest BCUT2D eigenvalue weighted by Crippen LogP contribution is -2.45. The number of hydrogen-bond donors (Lipinski definition) is 2. The Balaban J connectivity index is 3.01. The molecule has 0 saturated carbocycles. The molecule has 2 N–H and O–H groups in total. The molecule has 0 aliphatic heterocycles. The molecule has 21 heavy (non-hydrogen) atoms. The van der Waals surface area contributed by atoms with Gasteiger partial charge in [0.2, 0.25) is 10.0 Å². The van der Waals surface area contributed by atoms with Crippen molar-refractivity contribution < 1.29 is 12.8 Å². The van der Waals surface area contributed by atoms with E-state index in [1.54, 1.807) is 20.0 Å². The molecule has 122 valence electrons. The summed E-state index contributed by atoms with van der Waals surface area (Å²) in [6.07, 6.45) is 0.736. The zero-order valence-electron chi connectivity index (χ0n) is 14.1. The topological polar surface area (TPSA) is 71.3 Å². The first-order chi connectivity index (χ1) is 9.36. The molecule has 1 aromatic rings. The Kier molecular flexibility index (Phi) is 5.29. The van der Waals surface area contributed by atoms with E-state index >= 15 is 0 Å². The van der Waals surface area contributed by atoms with Crippen LogP contribution in [0, 0.1) is 12.3 Å². The van der Waals surface area contributed by atoms with Gasteiger partial charge in [-0.25, -0.2) is 13.1 Å². The lowest BCUT2D eigenvalue weighted by molar-refractivity contribution is 0.269. The third kappa shape index (κ3) is 5.45. The van der Waals surface area contributed by atoms with Gasteiger partial charge in [0.05, 0.1) is 6.54 Å².